The molecule has 2 amide bonds. The summed E-state index contributed by atoms with van der Waals surface area (Å²) in [7, 11) is 0. The number of aryl methyl sites for hydroxylation is 2. The van der Waals surface area contributed by atoms with Crippen LogP contribution in [-0.2, 0) is 29.1 Å². The van der Waals surface area contributed by atoms with Gasteiger partial charge < -0.3 is 19.9 Å². The Bertz CT molecular complexity index is 1170. The Morgan fingerprint density at radius 3 is 2.54 bits per heavy atom. The third-order valence-corrected chi connectivity index (χ3v) is 6.54. The first-order valence-electron chi connectivity index (χ1n) is 11.4. The normalized spacial score (nSPS) is 11.7. The van der Waals surface area contributed by atoms with Crippen LogP contribution in [0.1, 0.15) is 37.7 Å². The maximum atomic E-state index is 12.5. The second kappa shape index (κ2) is 12.6. The minimum Gasteiger partial charge on any atom is -0.481 e. The van der Waals surface area contributed by atoms with Gasteiger partial charge in [0, 0.05) is 17.3 Å². The lowest BCUT2D eigenvalue weighted by molar-refractivity contribution is -0.127. The number of hydrogen-bond donors (Lipinski definition) is 2. The lowest BCUT2D eigenvalue weighted by atomic mass is 10.2. The molecule has 0 aliphatic carbocycles. The highest BCUT2D eigenvalue weighted by Gasteiger charge is 2.18. The number of nitrogens with zero attached hydrogens (tertiary/aromatic N) is 3. The van der Waals surface area contributed by atoms with Crippen LogP contribution in [0.25, 0.3) is 0 Å². The van der Waals surface area contributed by atoms with Gasteiger partial charge in [-0.3, -0.25) is 9.59 Å². The largest absolute Gasteiger partial charge is 0.481 e. The van der Waals surface area contributed by atoms with Crippen LogP contribution in [0.15, 0.2) is 47.6 Å². The summed E-state index contributed by atoms with van der Waals surface area (Å²) < 4.78 is 7.62. The topological polar surface area (TPSA) is 98.1 Å². The number of carbonyl (C=O) groups excluding carboxylic acids is 2. The SMILES string of the molecule is CCc1ccc(O[C@H](C)C(=O)NCc2nnc(SCC(=O)Nc3ccc(Cl)cc3C)n2CC)cc1. The predicted molar refractivity (Wildman–Crippen MR) is 139 cm³/mol. The fourth-order valence-electron chi connectivity index (χ4n) is 3.33. The Morgan fingerprint density at radius 1 is 1.14 bits per heavy atom. The number of ether oxygens (including phenoxy) is 1. The monoisotopic (exact) mass is 515 g/mol. The van der Waals surface area contributed by atoms with Crippen molar-refractivity contribution in [1.82, 2.24) is 20.1 Å². The zero-order chi connectivity index (χ0) is 25.4. The number of nitrogens with one attached hydrogen (secondary N) is 2. The van der Waals surface area contributed by atoms with E-state index in [0.29, 0.717) is 28.3 Å². The van der Waals surface area contributed by atoms with Crippen molar-refractivity contribution in [3.05, 3.63) is 64.4 Å². The summed E-state index contributed by atoms with van der Waals surface area (Å²) >= 11 is 7.26. The van der Waals surface area contributed by atoms with Gasteiger partial charge in [0.15, 0.2) is 17.1 Å². The molecule has 0 spiro atoms. The number of anilines is 1. The molecule has 1 aromatic heterocycles. The average Bonchev–Trinajstić information content (AvgIpc) is 3.25. The van der Waals surface area contributed by atoms with E-state index in [4.69, 9.17) is 16.3 Å². The van der Waals surface area contributed by atoms with Gasteiger partial charge >= 0.3 is 0 Å². The lowest BCUT2D eigenvalue weighted by Gasteiger charge is -2.15. The fourth-order valence-corrected chi connectivity index (χ4v) is 4.38. The Kier molecular flexibility index (Phi) is 9.56. The molecule has 0 aliphatic heterocycles. The van der Waals surface area contributed by atoms with E-state index < -0.39 is 6.10 Å². The third kappa shape index (κ3) is 7.47. The number of halogens is 1. The number of hydrogen-bond acceptors (Lipinski definition) is 6. The molecule has 0 bridgehead atoms. The average molecular weight is 516 g/mol. The summed E-state index contributed by atoms with van der Waals surface area (Å²) in [6.45, 7) is 8.45. The molecule has 0 radical (unpaired) electrons. The van der Waals surface area contributed by atoms with Crippen molar-refractivity contribution < 1.29 is 14.3 Å². The quantitative estimate of drug-likeness (QED) is 0.361. The van der Waals surface area contributed by atoms with Gasteiger partial charge in [0.05, 0.1) is 12.3 Å². The van der Waals surface area contributed by atoms with E-state index in [0.717, 1.165) is 17.7 Å². The second-order valence-corrected chi connectivity index (χ2v) is 9.29. The minimum atomic E-state index is -0.658. The molecule has 0 unspecified atom stereocenters. The van der Waals surface area contributed by atoms with Crippen molar-refractivity contribution in [1.29, 1.82) is 0 Å². The fraction of sp³-hybridized carbons (Fsp3) is 0.360. The highest BCUT2D eigenvalue weighted by Crippen LogP contribution is 2.21. The van der Waals surface area contributed by atoms with E-state index in [1.807, 2.05) is 42.7 Å². The van der Waals surface area contributed by atoms with Crippen molar-refractivity contribution in [3.8, 4) is 5.75 Å². The van der Waals surface area contributed by atoms with Gasteiger partial charge in [-0.25, -0.2) is 0 Å². The molecule has 1 atom stereocenters. The van der Waals surface area contributed by atoms with Crippen LogP contribution in [0.2, 0.25) is 5.02 Å². The molecule has 1 heterocycles. The molecule has 10 heteroatoms. The van der Waals surface area contributed by atoms with E-state index in [2.05, 4.69) is 27.8 Å². The molecule has 0 aliphatic rings. The van der Waals surface area contributed by atoms with E-state index in [1.54, 1.807) is 25.1 Å². The van der Waals surface area contributed by atoms with Crippen LogP contribution in [0.4, 0.5) is 5.69 Å². The van der Waals surface area contributed by atoms with E-state index in [1.165, 1.54) is 17.3 Å². The molecule has 2 N–H and O–H groups in total. The number of rotatable bonds is 11. The van der Waals surface area contributed by atoms with Crippen LogP contribution in [-0.4, -0.2) is 38.4 Å². The lowest BCUT2D eigenvalue weighted by Crippen LogP contribution is -2.36. The Balaban J connectivity index is 1.51. The number of thioether (sulfide) groups is 1. The van der Waals surface area contributed by atoms with Crippen molar-refractivity contribution in [2.24, 2.45) is 0 Å². The van der Waals surface area contributed by atoms with Crippen LogP contribution < -0.4 is 15.4 Å². The molecule has 0 saturated heterocycles. The van der Waals surface area contributed by atoms with Gasteiger partial charge in [0.1, 0.15) is 5.75 Å². The Labute approximate surface area is 214 Å². The van der Waals surface area contributed by atoms with Gasteiger partial charge in [-0.2, -0.15) is 0 Å². The molecular formula is C25H30ClN5O3S. The van der Waals surface area contributed by atoms with Crippen molar-refractivity contribution in [3.63, 3.8) is 0 Å². The Hall–Kier alpha value is -3.04. The zero-order valence-electron chi connectivity index (χ0n) is 20.3. The second-order valence-electron chi connectivity index (χ2n) is 7.91. The first-order chi connectivity index (χ1) is 16.8. The summed E-state index contributed by atoms with van der Waals surface area (Å²) in [5, 5.41) is 15.4. The van der Waals surface area contributed by atoms with Crippen molar-refractivity contribution in [2.75, 3.05) is 11.1 Å². The predicted octanol–water partition coefficient (Wildman–Crippen LogP) is 4.64. The van der Waals surface area contributed by atoms with Gasteiger partial charge in [0.25, 0.3) is 5.91 Å². The molecule has 0 saturated carbocycles. The molecule has 3 aromatic rings. The smallest absolute Gasteiger partial charge is 0.261 e. The first-order valence-corrected chi connectivity index (χ1v) is 12.8. The molecular weight excluding hydrogens is 486 g/mol. The number of benzene rings is 2. The maximum Gasteiger partial charge on any atom is 0.261 e. The van der Waals surface area contributed by atoms with Crippen LogP contribution in [0.5, 0.6) is 5.75 Å². The van der Waals surface area contributed by atoms with Crippen molar-refractivity contribution >= 4 is 40.9 Å². The highest BCUT2D eigenvalue weighted by atomic mass is 35.5. The standard InChI is InChI=1S/C25H30ClN5O3S/c1-5-18-7-10-20(11-8-18)34-17(4)24(33)27-14-22-29-30-25(31(22)6-2)35-15-23(32)28-21-12-9-19(26)13-16(21)3/h7-13,17H,5-6,14-15H2,1-4H3,(H,27,33)(H,28,32)/t17-/m1/s1. The molecule has 0 fully saturated rings. The van der Waals surface area contributed by atoms with E-state index in [9.17, 15) is 9.59 Å². The van der Waals surface area contributed by atoms with E-state index >= 15 is 0 Å². The number of carbonyl (C=O) groups is 2. The maximum absolute atomic E-state index is 12.5. The van der Waals surface area contributed by atoms with Gasteiger partial charge in [-0.15, -0.1) is 10.2 Å². The summed E-state index contributed by atoms with van der Waals surface area (Å²) in [6, 6.07) is 13.0. The summed E-state index contributed by atoms with van der Waals surface area (Å²) in [5.74, 6) is 1.03. The number of aromatic nitrogens is 3. The summed E-state index contributed by atoms with van der Waals surface area (Å²) in [4.78, 5) is 24.9. The molecule has 8 nitrogen and oxygen atoms in total. The third-order valence-electron chi connectivity index (χ3n) is 5.34. The van der Waals surface area contributed by atoms with Gasteiger partial charge in [-0.1, -0.05) is 42.4 Å². The highest BCUT2D eigenvalue weighted by molar-refractivity contribution is 7.99. The van der Waals surface area contributed by atoms with Gasteiger partial charge in [-0.05, 0) is 68.7 Å². The molecule has 3 rings (SSSR count). The summed E-state index contributed by atoms with van der Waals surface area (Å²) in [5.41, 5.74) is 2.82. The summed E-state index contributed by atoms with van der Waals surface area (Å²) in [6.07, 6.45) is 0.288. The number of amides is 2. The van der Waals surface area contributed by atoms with E-state index in [-0.39, 0.29) is 24.1 Å². The Morgan fingerprint density at radius 2 is 1.89 bits per heavy atom. The molecule has 35 heavy (non-hydrogen) atoms. The van der Waals surface area contributed by atoms with Crippen LogP contribution >= 0.6 is 23.4 Å². The van der Waals surface area contributed by atoms with Crippen LogP contribution in [0, 0.1) is 6.92 Å². The molecule has 186 valence electrons. The van der Waals surface area contributed by atoms with Crippen LogP contribution in [0.3, 0.4) is 0 Å². The zero-order valence-corrected chi connectivity index (χ0v) is 21.9. The molecule has 2 aromatic carbocycles. The van der Waals surface area contributed by atoms with Crippen molar-refractivity contribution in [2.45, 2.75) is 58.5 Å². The first kappa shape index (κ1) is 26.6. The minimum absolute atomic E-state index is 0.154. The van der Waals surface area contributed by atoms with Gasteiger partial charge in [0.2, 0.25) is 5.91 Å².